The highest BCUT2D eigenvalue weighted by Gasteiger charge is 1.95. The molecule has 0 spiro atoms. The normalized spacial score (nSPS) is 9.80. The number of aromatic nitrogens is 1. The fourth-order valence-corrected chi connectivity index (χ4v) is 1.26. The van der Waals surface area contributed by atoms with Crippen molar-refractivity contribution in [2.45, 2.75) is 4.90 Å². The molecule has 0 saturated heterocycles. The number of hydrogen-bond acceptors (Lipinski definition) is 2. The molecule has 0 aliphatic rings. The molecule has 0 saturated carbocycles. The summed E-state index contributed by atoms with van der Waals surface area (Å²) < 4.78 is 1.58. The molecule has 10 heavy (non-hydrogen) atoms. The molecule has 0 aliphatic carbocycles. The van der Waals surface area contributed by atoms with Crippen molar-refractivity contribution in [1.29, 1.82) is 0 Å². The predicted molar refractivity (Wildman–Crippen MR) is 43.5 cm³/mol. The van der Waals surface area contributed by atoms with Crippen molar-refractivity contribution in [3.63, 3.8) is 0 Å². The minimum absolute atomic E-state index is 0.0787. The number of rotatable bonds is 1. The summed E-state index contributed by atoms with van der Waals surface area (Å²) in [5.41, 5.74) is 0.0787. The Morgan fingerprint density at radius 2 is 2.30 bits per heavy atom. The first-order valence-electron chi connectivity index (χ1n) is 2.95. The van der Waals surface area contributed by atoms with Crippen LogP contribution in [0.15, 0.2) is 28.0 Å². The van der Waals surface area contributed by atoms with E-state index in [1.54, 1.807) is 17.8 Å². The maximum atomic E-state index is 11.1. The summed E-state index contributed by atoms with van der Waals surface area (Å²) in [6, 6.07) is 3.69. The van der Waals surface area contributed by atoms with E-state index in [0.29, 0.717) is 0 Å². The second-order valence-corrected chi connectivity index (χ2v) is 2.84. The van der Waals surface area contributed by atoms with Gasteiger partial charge in [0.05, 0.1) is 4.90 Å². The van der Waals surface area contributed by atoms with E-state index >= 15 is 0 Å². The van der Waals surface area contributed by atoms with Crippen molar-refractivity contribution >= 4 is 11.8 Å². The first kappa shape index (κ1) is 7.41. The molecule has 0 radical (unpaired) electrons. The average Bonchev–Trinajstić information content (AvgIpc) is 1.95. The van der Waals surface area contributed by atoms with Gasteiger partial charge in [0, 0.05) is 13.2 Å². The highest BCUT2D eigenvalue weighted by atomic mass is 32.2. The third-order valence-electron chi connectivity index (χ3n) is 1.31. The summed E-state index contributed by atoms with van der Waals surface area (Å²) in [4.78, 5) is 11.9. The molecule has 0 unspecified atom stereocenters. The minimum atomic E-state index is 0.0787. The van der Waals surface area contributed by atoms with Crippen LogP contribution in [-0.4, -0.2) is 10.8 Å². The van der Waals surface area contributed by atoms with Gasteiger partial charge in [-0.25, -0.2) is 0 Å². The molecular weight excluding hydrogens is 146 g/mol. The molecule has 0 bridgehead atoms. The number of thioether (sulfide) groups is 1. The Morgan fingerprint density at radius 1 is 1.60 bits per heavy atom. The van der Waals surface area contributed by atoms with Crippen molar-refractivity contribution < 1.29 is 0 Å². The molecule has 1 rings (SSSR count). The van der Waals surface area contributed by atoms with Crippen molar-refractivity contribution in [3.05, 3.63) is 28.7 Å². The average molecular weight is 155 g/mol. The van der Waals surface area contributed by atoms with Gasteiger partial charge in [-0.05, 0) is 18.4 Å². The lowest BCUT2D eigenvalue weighted by Gasteiger charge is -1.97. The number of nitrogens with zero attached hydrogens (tertiary/aromatic N) is 1. The Labute approximate surface area is 63.9 Å². The van der Waals surface area contributed by atoms with E-state index in [1.807, 2.05) is 18.4 Å². The lowest BCUT2D eigenvalue weighted by atomic mass is 10.5. The molecule has 2 nitrogen and oxygen atoms in total. The molecule has 0 N–H and O–H groups in total. The van der Waals surface area contributed by atoms with Gasteiger partial charge in [-0.3, -0.25) is 4.79 Å². The quantitative estimate of drug-likeness (QED) is 0.567. The molecule has 0 aliphatic heterocycles. The van der Waals surface area contributed by atoms with Gasteiger partial charge in [-0.1, -0.05) is 0 Å². The summed E-state index contributed by atoms with van der Waals surface area (Å²) in [6.45, 7) is 0. The fraction of sp³-hybridized carbons (Fsp3) is 0.286. The first-order valence-corrected chi connectivity index (χ1v) is 4.18. The largest absolute Gasteiger partial charge is 0.318 e. The van der Waals surface area contributed by atoms with Crippen molar-refractivity contribution in [3.8, 4) is 0 Å². The topological polar surface area (TPSA) is 22.0 Å². The van der Waals surface area contributed by atoms with Gasteiger partial charge in [0.2, 0.25) is 0 Å². The zero-order chi connectivity index (χ0) is 7.56. The molecule has 3 heteroatoms. The standard InChI is InChI=1S/C7H9NOS/c1-8-5-3-4-6(10-2)7(8)9/h3-5H,1-2H3. The lowest BCUT2D eigenvalue weighted by Crippen LogP contribution is -2.16. The second-order valence-electron chi connectivity index (χ2n) is 1.99. The maximum absolute atomic E-state index is 11.1. The molecule has 1 heterocycles. The SMILES string of the molecule is CSc1cccn(C)c1=O. The van der Waals surface area contributed by atoms with Crippen LogP contribution in [0.1, 0.15) is 0 Å². The molecule has 0 aromatic carbocycles. The smallest absolute Gasteiger partial charge is 0.263 e. The van der Waals surface area contributed by atoms with Gasteiger partial charge in [-0.15, -0.1) is 11.8 Å². The minimum Gasteiger partial charge on any atom is -0.318 e. The maximum Gasteiger partial charge on any atom is 0.263 e. The van der Waals surface area contributed by atoms with Crippen LogP contribution in [0, 0.1) is 0 Å². The molecule has 0 fully saturated rings. The van der Waals surface area contributed by atoms with Gasteiger partial charge in [0.1, 0.15) is 0 Å². The lowest BCUT2D eigenvalue weighted by molar-refractivity contribution is 0.832. The zero-order valence-electron chi connectivity index (χ0n) is 6.00. The molecule has 54 valence electrons. The van der Waals surface area contributed by atoms with Crippen LogP contribution >= 0.6 is 11.8 Å². The number of pyridine rings is 1. The highest BCUT2D eigenvalue weighted by molar-refractivity contribution is 7.98. The van der Waals surface area contributed by atoms with Crippen LogP contribution in [0.25, 0.3) is 0 Å². The second kappa shape index (κ2) is 2.92. The van der Waals surface area contributed by atoms with E-state index in [4.69, 9.17) is 0 Å². The number of aryl methyl sites for hydroxylation is 1. The molecule has 0 atom stereocenters. The van der Waals surface area contributed by atoms with Crippen LogP contribution in [0.2, 0.25) is 0 Å². The van der Waals surface area contributed by atoms with E-state index in [-0.39, 0.29) is 5.56 Å². The van der Waals surface area contributed by atoms with Crippen LogP contribution in [0.5, 0.6) is 0 Å². The summed E-state index contributed by atoms with van der Waals surface area (Å²) in [5.74, 6) is 0. The monoisotopic (exact) mass is 155 g/mol. The van der Waals surface area contributed by atoms with E-state index in [2.05, 4.69) is 0 Å². The Bertz CT molecular complexity index is 279. The molecule has 1 aromatic rings. The van der Waals surface area contributed by atoms with E-state index in [0.717, 1.165) is 4.90 Å². The fourth-order valence-electron chi connectivity index (χ4n) is 0.728. The van der Waals surface area contributed by atoms with Gasteiger partial charge in [0.25, 0.3) is 5.56 Å². The first-order chi connectivity index (χ1) is 4.75. The van der Waals surface area contributed by atoms with Gasteiger partial charge >= 0.3 is 0 Å². The van der Waals surface area contributed by atoms with Gasteiger partial charge < -0.3 is 4.57 Å². The molecule has 0 amide bonds. The Balaban J connectivity index is 3.28. The highest BCUT2D eigenvalue weighted by Crippen LogP contribution is 2.06. The molecule has 1 aromatic heterocycles. The predicted octanol–water partition coefficient (Wildman–Crippen LogP) is 1.11. The summed E-state index contributed by atoms with van der Waals surface area (Å²) in [6.07, 6.45) is 3.65. The zero-order valence-corrected chi connectivity index (χ0v) is 6.81. The Hall–Kier alpha value is -0.700. The number of hydrogen-bond donors (Lipinski definition) is 0. The third-order valence-corrected chi connectivity index (χ3v) is 2.06. The summed E-state index contributed by atoms with van der Waals surface area (Å²) in [7, 11) is 1.75. The summed E-state index contributed by atoms with van der Waals surface area (Å²) >= 11 is 1.48. The van der Waals surface area contributed by atoms with Crippen LogP contribution in [-0.2, 0) is 7.05 Å². The van der Waals surface area contributed by atoms with E-state index in [1.165, 1.54) is 11.8 Å². The third kappa shape index (κ3) is 1.24. The van der Waals surface area contributed by atoms with Crippen molar-refractivity contribution in [2.24, 2.45) is 7.05 Å². The van der Waals surface area contributed by atoms with Crippen LogP contribution in [0.4, 0.5) is 0 Å². The molecular formula is C7H9NOS. The summed E-state index contributed by atoms with van der Waals surface area (Å²) in [5, 5.41) is 0. The van der Waals surface area contributed by atoms with Crippen LogP contribution < -0.4 is 5.56 Å². The van der Waals surface area contributed by atoms with Crippen molar-refractivity contribution in [2.75, 3.05) is 6.26 Å². The van der Waals surface area contributed by atoms with Gasteiger partial charge in [-0.2, -0.15) is 0 Å². The van der Waals surface area contributed by atoms with E-state index in [9.17, 15) is 4.79 Å². The Kier molecular flexibility index (Phi) is 2.17. The van der Waals surface area contributed by atoms with Gasteiger partial charge in [0.15, 0.2) is 0 Å². The van der Waals surface area contributed by atoms with Crippen molar-refractivity contribution in [1.82, 2.24) is 4.57 Å². The Morgan fingerprint density at radius 3 is 2.80 bits per heavy atom. The van der Waals surface area contributed by atoms with Crippen LogP contribution in [0.3, 0.4) is 0 Å². The van der Waals surface area contributed by atoms with E-state index < -0.39 is 0 Å².